The van der Waals surface area contributed by atoms with Crippen molar-refractivity contribution in [2.75, 3.05) is 11.4 Å². The number of halogens is 2. The Morgan fingerprint density at radius 2 is 2.07 bits per heavy atom. The van der Waals surface area contributed by atoms with Crippen LogP contribution in [0.25, 0.3) is 11.1 Å². The molecule has 2 heterocycles. The highest BCUT2D eigenvalue weighted by Crippen LogP contribution is 2.31. The van der Waals surface area contributed by atoms with Gasteiger partial charge >= 0.3 is 0 Å². The van der Waals surface area contributed by atoms with E-state index in [2.05, 4.69) is 10.2 Å². The smallest absolute Gasteiger partial charge is 0.230 e. The third-order valence-corrected chi connectivity index (χ3v) is 5.24. The van der Waals surface area contributed by atoms with Crippen molar-refractivity contribution >= 4 is 11.6 Å². The standard InChI is InChI=1S/C21H19F2N3O/c1-13-14(3-2-4-19(13)22)9-15-7-8-26(21(15)27)17-5-6-18(20(23)10-17)16-11-24-25-12-16/h2-6,10-12,15H,7-9H2,1H3,(H,24,25). The quantitative estimate of drug-likeness (QED) is 0.749. The Labute approximate surface area is 155 Å². The monoisotopic (exact) mass is 367 g/mol. The molecule has 4 nitrogen and oxygen atoms in total. The van der Waals surface area contributed by atoms with Gasteiger partial charge in [-0.15, -0.1) is 0 Å². The normalized spacial score (nSPS) is 16.9. The van der Waals surface area contributed by atoms with Gasteiger partial charge in [0, 0.05) is 35.5 Å². The number of carbonyl (C=O) groups is 1. The predicted octanol–water partition coefficient (Wildman–Crippen LogP) is 4.26. The number of amides is 1. The third-order valence-electron chi connectivity index (χ3n) is 5.24. The highest BCUT2D eigenvalue weighted by molar-refractivity contribution is 5.97. The van der Waals surface area contributed by atoms with E-state index in [9.17, 15) is 13.6 Å². The number of carbonyl (C=O) groups excluding carboxylic acids is 1. The molecular formula is C21H19F2N3O. The maximum atomic E-state index is 14.5. The van der Waals surface area contributed by atoms with Crippen molar-refractivity contribution in [3.8, 4) is 11.1 Å². The van der Waals surface area contributed by atoms with Crippen LogP contribution in [-0.2, 0) is 11.2 Å². The van der Waals surface area contributed by atoms with Crippen LogP contribution < -0.4 is 4.90 Å². The van der Waals surface area contributed by atoms with Gasteiger partial charge < -0.3 is 4.90 Å². The van der Waals surface area contributed by atoms with Crippen molar-refractivity contribution in [2.45, 2.75) is 19.8 Å². The first kappa shape index (κ1) is 17.4. The average molecular weight is 367 g/mol. The molecule has 0 aliphatic carbocycles. The largest absolute Gasteiger partial charge is 0.312 e. The second kappa shape index (κ2) is 6.95. The Morgan fingerprint density at radius 3 is 2.81 bits per heavy atom. The topological polar surface area (TPSA) is 49.0 Å². The number of aromatic nitrogens is 2. The van der Waals surface area contributed by atoms with Crippen molar-refractivity contribution in [3.05, 3.63) is 71.6 Å². The zero-order chi connectivity index (χ0) is 19.0. The Morgan fingerprint density at radius 1 is 1.22 bits per heavy atom. The summed E-state index contributed by atoms with van der Waals surface area (Å²) in [5.41, 5.74) is 3.07. The zero-order valence-corrected chi connectivity index (χ0v) is 14.9. The molecule has 1 aliphatic rings. The molecular weight excluding hydrogens is 348 g/mol. The minimum atomic E-state index is -0.397. The average Bonchev–Trinajstić information content (AvgIpc) is 3.30. The van der Waals surface area contributed by atoms with Crippen LogP contribution in [0.15, 0.2) is 48.8 Å². The number of hydrogen-bond acceptors (Lipinski definition) is 2. The van der Waals surface area contributed by atoms with E-state index in [-0.39, 0.29) is 17.6 Å². The summed E-state index contributed by atoms with van der Waals surface area (Å²) < 4.78 is 28.3. The molecule has 0 radical (unpaired) electrons. The van der Waals surface area contributed by atoms with Gasteiger partial charge in [0.2, 0.25) is 5.91 Å². The van der Waals surface area contributed by atoms with Crippen LogP contribution in [0.1, 0.15) is 17.5 Å². The second-order valence-electron chi connectivity index (χ2n) is 6.85. The minimum absolute atomic E-state index is 0.0471. The van der Waals surface area contributed by atoms with Gasteiger partial charge in [-0.1, -0.05) is 12.1 Å². The molecule has 3 aromatic rings. The summed E-state index contributed by atoms with van der Waals surface area (Å²) in [6.07, 6.45) is 4.33. The number of aromatic amines is 1. The van der Waals surface area contributed by atoms with Gasteiger partial charge in [0.15, 0.2) is 0 Å². The van der Waals surface area contributed by atoms with Crippen molar-refractivity contribution in [1.82, 2.24) is 10.2 Å². The molecule has 4 rings (SSSR count). The molecule has 1 aliphatic heterocycles. The first-order valence-electron chi connectivity index (χ1n) is 8.88. The highest BCUT2D eigenvalue weighted by atomic mass is 19.1. The lowest BCUT2D eigenvalue weighted by molar-refractivity contribution is -0.120. The van der Waals surface area contributed by atoms with Gasteiger partial charge in [0.25, 0.3) is 0 Å². The number of benzene rings is 2. The van der Waals surface area contributed by atoms with Crippen LogP contribution in [0.5, 0.6) is 0 Å². The molecule has 1 unspecified atom stereocenters. The molecule has 0 bridgehead atoms. The number of nitrogens with one attached hydrogen (secondary N) is 1. The van der Waals surface area contributed by atoms with Crippen molar-refractivity contribution in [2.24, 2.45) is 5.92 Å². The van der Waals surface area contributed by atoms with Crippen molar-refractivity contribution < 1.29 is 13.6 Å². The fourth-order valence-corrected chi connectivity index (χ4v) is 3.63. The Hall–Kier alpha value is -3.02. The van der Waals surface area contributed by atoms with Crippen LogP contribution in [0, 0.1) is 24.5 Å². The molecule has 2 aromatic carbocycles. The van der Waals surface area contributed by atoms with E-state index in [0.29, 0.717) is 41.8 Å². The molecule has 1 amide bonds. The summed E-state index contributed by atoms with van der Waals surface area (Å²) >= 11 is 0. The van der Waals surface area contributed by atoms with Gasteiger partial charge in [-0.25, -0.2) is 8.78 Å². The maximum Gasteiger partial charge on any atom is 0.230 e. The third kappa shape index (κ3) is 3.23. The summed E-state index contributed by atoms with van der Waals surface area (Å²) in [6, 6.07) is 9.74. The van der Waals surface area contributed by atoms with Crippen LogP contribution in [0.2, 0.25) is 0 Å². The molecule has 1 N–H and O–H groups in total. The van der Waals surface area contributed by atoms with Crippen molar-refractivity contribution in [3.63, 3.8) is 0 Å². The van der Waals surface area contributed by atoms with Gasteiger partial charge in [-0.2, -0.15) is 5.10 Å². The highest BCUT2D eigenvalue weighted by Gasteiger charge is 2.33. The summed E-state index contributed by atoms with van der Waals surface area (Å²) in [5.74, 6) is -0.922. The van der Waals surface area contributed by atoms with Gasteiger partial charge in [-0.05, 0) is 55.2 Å². The van der Waals surface area contributed by atoms with Gasteiger partial charge in [0.05, 0.1) is 6.20 Å². The summed E-state index contributed by atoms with van der Waals surface area (Å²) in [5, 5.41) is 6.49. The fourth-order valence-electron chi connectivity index (χ4n) is 3.63. The van der Waals surface area contributed by atoms with E-state index in [1.54, 1.807) is 42.4 Å². The van der Waals surface area contributed by atoms with E-state index in [0.717, 1.165) is 5.56 Å². The second-order valence-corrected chi connectivity index (χ2v) is 6.85. The molecule has 0 spiro atoms. The molecule has 1 atom stereocenters. The lowest BCUT2D eigenvalue weighted by Gasteiger charge is -2.18. The molecule has 1 fully saturated rings. The van der Waals surface area contributed by atoms with Crippen LogP contribution >= 0.6 is 0 Å². The fraction of sp³-hybridized carbons (Fsp3) is 0.238. The van der Waals surface area contributed by atoms with Crippen molar-refractivity contribution in [1.29, 1.82) is 0 Å². The Bertz CT molecular complexity index is 985. The molecule has 1 saturated heterocycles. The lowest BCUT2D eigenvalue weighted by Crippen LogP contribution is -2.28. The minimum Gasteiger partial charge on any atom is -0.312 e. The van der Waals surface area contributed by atoms with E-state index >= 15 is 0 Å². The van der Waals surface area contributed by atoms with E-state index in [4.69, 9.17) is 0 Å². The van der Waals surface area contributed by atoms with Crippen LogP contribution in [0.4, 0.5) is 14.5 Å². The van der Waals surface area contributed by atoms with E-state index in [1.807, 2.05) is 6.07 Å². The molecule has 1 aromatic heterocycles. The lowest BCUT2D eigenvalue weighted by atomic mass is 9.95. The first-order chi connectivity index (χ1) is 13.0. The SMILES string of the molecule is Cc1c(F)cccc1CC1CCN(c2ccc(-c3cn[nH]c3)c(F)c2)C1=O. The summed E-state index contributed by atoms with van der Waals surface area (Å²) in [7, 11) is 0. The van der Waals surface area contributed by atoms with Crippen LogP contribution in [-0.4, -0.2) is 22.6 Å². The molecule has 138 valence electrons. The zero-order valence-electron chi connectivity index (χ0n) is 14.9. The van der Waals surface area contributed by atoms with Gasteiger partial charge in [-0.3, -0.25) is 9.89 Å². The number of hydrogen-bond donors (Lipinski definition) is 1. The maximum absolute atomic E-state index is 14.5. The summed E-state index contributed by atoms with van der Waals surface area (Å²) in [4.78, 5) is 14.4. The Balaban J connectivity index is 1.53. The van der Waals surface area contributed by atoms with E-state index < -0.39 is 5.82 Å². The first-order valence-corrected chi connectivity index (χ1v) is 8.88. The molecule has 27 heavy (non-hydrogen) atoms. The number of anilines is 1. The number of nitrogens with zero attached hydrogens (tertiary/aromatic N) is 2. The molecule has 0 saturated carbocycles. The number of rotatable bonds is 4. The Kier molecular flexibility index (Phi) is 4.48. The van der Waals surface area contributed by atoms with E-state index in [1.165, 1.54) is 12.1 Å². The molecule has 6 heteroatoms. The van der Waals surface area contributed by atoms with Gasteiger partial charge in [0.1, 0.15) is 11.6 Å². The number of H-pyrrole nitrogens is 1. The van der Waals surface area contributed by atoms with Crippen LogP contribution in [0.3, 0.4) is 0 Å². The predicted molar refractivity (Wildman–Crippen MR) is 99.3 cm³/mol. The summed E-state index contributed by atoms with van der Waals surface area (Å²) in [6.45, 7) is 2.26.